The summed E-state index contributed by atoms with van der Waals surface area (Å²) in [5.74, 6) is 0.0611. The fraction of sp³-hybridized carbons (Fsp3) is 0.240. The molecule has 3 aromatic carbocycles. The molecular formula is C25H27FN2O4S. The fourth-order valence-electron chi connectivity index (χ4n) is 3.32. The minimum absolute atomic E-state index is 0.126. The molecule has 1 atom stereocenters. The molecule has 0 radical (unpaired) electrons. The van der Waals surface area contributed by atoms with Crippen LogP contribution in [0.5, 0.6) is 5.75 Å². The smallest absolute Gasteiger partial charge is 0.251 e. The second-order valence-corrected chi connectivity index (χ2v) is 9.55. The first-order valence-electron chi connectivity index (χ1n) is 10.5. The van der Waals surface area contributed by atoms with Gasteiger partial charge in [-0.05, 0) is 73.5 Å². The molecule has 33 heavy (non-hydrogen) atoms. The molecule has 1 N–H and O–H groups in total. The molecule has 0 saturated heterocycles. The van der Waals surface area contributed by atoms with Gasteiger partial charge in [0.25, 0.3) is 5.91 Å². The van der Waals surface area contributed by atoms with Crippen LogP contribution in [-0.4, -0.2) is 27.2 Å². The van der Waals surface area contributed by atoms with Gasteiger partial charge in [0.15, 0.2) is 0 Å². The highest BCUT2D eigenvalue weighted by molar-refractivity contribution is 7.92. The summed E-state index contributed by atoms with van der Waals surface area (Å²) < 4.78 is 44.6. The summed E-state index contributed by atoms with van der Waals surface area (Å²) in [6, 6.07) is 19.3. The van der Waals surface area contributed by atoms with Crippen molar-refractivity contribution in [2.24, 2.45) is 0 Å². The lowest BCUT2D eigenvalue weighted by molar-refractivity contribution is 0.0940. The molecule has 3 aromatic rings. The number of anilines is 1. The van der Waals surface area contributed by atoms with Gasteiger partial charge in [-0.25, -0.2) is 12.8 Å². The van der Waals surface area contributed by atoms with Crippen LogP contribution in [0.2, 0.25) is 0 Å². The van der Waals surface area contributed by atoms with Gasteiger partial charge in [-0.15, -0.1) is 0 Å². The lowest BCUT2D eigenvalue weighted by Crippen LogP contribution is -2.29. The van der Waals surface area contributed by atoms with Gasteiger partial charge in [0.2, 0.25) is 10.0 Å². The summed E-state index contributed by atoms with van der Waals surface area (Å²) in [4.78, 5) is 12.6. The average Bonchev–Trinajstić information content (AvgIpc) is 2.78. The lowest BCUT2D eigenvalue weighted by atomic mass is 10.1. The van der Waals surface area contributed by atoms with Crippen molar-refractivity contribution in [2.75, 3.05) is 17.2 Å². The maximum absolute atomic E-state index is 13.1. The van der Waals surface area contributed by atoms with Crippen LogP contribution in [0.3, 0.4) is 0 Å². The van der Waals surface area contributed by atoms with Crippen molar-refractivity contribution in [2.45, 2.75) is 26.4 Å². The highest BCUT2D eigenvalue weighted by atomic mass is 32.2. The SMILES string of the molecule is CCOc1ccc(N(Cc2ccc(C(=O)NC(C)c3ccc(F)cc3)cc2)S(C)(=O)=O)cc1. The maximum Gasteiger partial charge on any atom is 0.251 e. The molecule has 0 heterocycles. The summed E-state index contributed by atoms with van der Waals surface area (Å²) in [5.41, 5.74) is 2.49. The molecule has 0 aromatic heterocycles. The van der Waals surface area contributed by atoms with Crippen LogP contribution in [0.1, 0.15) is 41.4 Å². The zero-order chi connectivity index (χ0) is 24.0. The molecule has 1 unspecified atom stereocenters. The van der Waals surface area contributed by atoms with E-state index in [1.54, 1.807) is 60.7 Å². The third-order valence-corrected chi connectivity index (χ3v) is 6.24. The summed E-state index contributed by atoms with van der Waals surface area (Å²) >= 11 is 0. The van der Waals surface area contributed by atoms with Crippen LogP contribution in [0.4, 0.5) is 10.1 Å². The number of rotatable bonds is 9. The summed E-state index contributed by atoms with van der Waals surface area (Å²) in [6.07, 6.45) is 1.15. The van der Waals surface area contributed by atoms with Gasteiger partial charge in [0, 0.05) is 5.56 Å². The standard InChI is InChI=1S/C25H27FN2O4S/c1-4-32-24-15-13-23(14-16-24)28(33(3,30)31)17-19-5-7-21(8-6-19)25(29)27-18(2)20-9-11-22(26)12-10-20/h5-16,18H,4,17H2,1-3H3,(H,27,29). The quantitative estimate of drug-likeness (QED) is 0.493. The lowest BCUT2D eigenvalue weighted by Gasteiger charge is -2.23. The Bertz CT molecular complexity index is 1180. The second-order valence-electron chi connectivity index (χ2n) is 7.64. The van der Waals surface area contributed by atoms with E-state index in [0.29, 0.717) is 23.6 Å². The summed E-state index contributed by atoms with van der Waals surface area (Å²) in [5, 5.41) is 2.88. The van der Waals surface area contributed by atoms with Crippen molar-refractivity contribution in [1.82, 2.24) is 5.32 Å². The molecule has 0 aliphatic heterocycles. The van der Waals surface area contributed by atoms with Crippen LogP contribution in [0, 0.1) is 5.82 Å². The first kappa shape index (κ1) is 24.3. The van der Waals surface area contributed by atoms with Gasteiger partial charge in [-0.2, -0.15) is 0 Å². The van der Waals surface area contributed by atoms with E-state index in [9.17, 15) is 17.6 Å². The van der Waals surface area contributed by atoms with Gasteiger partial charge in [-0.1, -0.05) is 24.3 Å². The first-order chi connectivity index (χ1) is 15.7. The highest BCUT2D eigenvalue weighted by Gasteiger charge is 2.18. The number of ether oxygens (including phenoxy) is 1. The topological polar surface area (TPSA) is 75.7 Å². The zero-order valence-electron chi connectivity index (χ0n) is 18.8. The number of hydrogen-bond acceptors (Lipinski definition) is 4. The second kappa shape index (κ2) is 10.5. The Morgan fingerprint density at radius 3 is 2.15 bits per heavy atom. The Kier molecular flexibility index (Phi) is 7.71. The Morgan fingerprint density at radius 2 is 1.61 bits per heavy atom. The summed E-state index contributed by atoms with van der Waals surface area (Å²) in [7, 11) is -3.53. The van der Waals surface area contributed by atoms with Gasteiger partial charge in [0.1, 0.15) is 11.6 Å². The predicted molar refractivity (Wildman–Crippen MR) is 127 cm³/mol. The van der Waals surface area contributed by atoms with E-state index < -0.39 is 10.0 Å². The number of carbonyl (C=O) groups excluding carboxylic acids is 1. The van der Waals surface area contributed by atoms with E-state index in [-0.39, 0.29) is 24.3 Å². The largest absolute Gasteiger partial charge is 0.494 e. The minimum Gasteiger partial charge on any atom is -0.494 e. The van der Waals surface area contributed by atoms with Gasteiger partial charge < -0.3 is 10.1 Å². The molecule has 8 heteroatoms. The number of sulfonamides is 1. The van der Waals surface area contributed by atoms with Gasteiger partial charge in [0.05, 0.1) is 31.1 Å². The monoisotopic (exact) mass is 470 g/mol. The van der Waals surface area contributed by atoms with Gasteiger partial charge >= 0.3 is 0 Å². The molecule has 174 valence electrons. The number of carbonyl (C=O) groups is 1. The van der Waals surface area contributed by atoms with E-state index in [4.69, 9.17) is 4.74 Å². The summed E-state index contributed by atoms with van der Waals surface area (Å²) in [6.45, 7) is 4.35. The number of nitrogens with one attached hydrogen (secondary N) is 1. The Labute approximate surface area is 194 Å². The number of halogens is 1. The molecule has 3 rings (SSSR count). The molecule has 6 nitrogen and oxygen atoms in total. The number of nitrogens with zero attached hydrogens (tertiary/aromatic N) is 1. The van der Waals surface area contributed by atoms with Crippen molar-refractivity contribution in [3.8, 4) is 5.75 Å². The molecule has 0 bridgehead atoms. The van der Waals surface area contributed by atoms with Gasteiger partial charge in [-0.3, -0.25) is 9.10 Å². The van der Waals surface area contributed by atoms with Crippen LogP contribution >= 0.6 is 0 Å². The molecular weight excluding hydrogens is 443 g/mol. The van der Waals surface area contributed by atoms with E-state index in [2.05, 4.69) is 5.32 Å². The molecule has 0 aliphatic carbocycles. The van der Waals surface area contributed by atoms with Crippen molar-refractivity contribution < 1.29 is 22.3 Å². The van der Waals surface area contributed by atoms with Crippen molar-refractivity contribution in [1.29, 1.82) is 0 Å². The minimum atomic E-state index is -3.53. The Balaban J connectivity index is 1.70. The van der Waals surface area contributed by atoms with E-state index in [0.717, 1.165) is 17.4 Å². The van der Waals surface area contributed by atoms with E-state index in [1.165, 1.54) is 16.4 Å². The predicted octanol–water partition coefficient (Wildman–Crippen LogP) is 4.68. The number of amides is 1. The molecule has 0 aliphatic rings. The van der Waals surface area contributed by atoms with Crippen molar-refractivity contribution in [3.05, 3.63) is 95.3 Å². The first-order valence-corrected chi connectivity index (χ1v) is 12.4. The van der Waals surface area contributed by atoms with Crippen LogP contribution in [-0.2, 0) is 16.6 Å². The normalized spacial score (nSPS) is 12.1. The molecule has 0 spiro atoms. The highest BCUT2D eigenvalue weighted by Crippen LogP contribution is 2.24. The van der Waals surface area contributed by atoms with Crippen LogP contribution in [0.25, 0.3) is 0 Å². The number of hydrogen-bond donors (Lipinski definition) is 1. The van der Waals surface area contributed by atoms with E-state index >= 15 is 0 Å². The zero-order valence-corrected chi connectivity index (χ0v) is 19.6. The average molecular weight is 471 g/mol. The Morgan fingerprint density at radius 1 is 1.00 bits per heavy atom. The molecule has 1 amide bonds. The molecule has 0 saturated carbocycles. The van der Waals surface area contributed by atoms with Crippen LogP contribution < -0.4 is 14.4 Å². The molecule has 0 fully saturated rings. The number of benzene rings is 3. The fourth-order valence-corrected chi connectivity index (χ4v) is 4.21. The van der Waals surface area contributed by atoms with Crippen LogP contribution in [0.15, 0.2) is 72.8 Å². The third kappa shape index (κ3) is 6.55. The maximum atomic E-state index is 13.1. The Hall–Kier alpha value is -3.39. The van der Waals surface area contributed by atoms with Crippen molar-refractivity contribution >= 4 is 21.6 Å². The third-order valence-electron chi connectivity index (χ3n) is 5.10. The van der Waals surface area contributed by atoms with E-state index in [1.807, 2.05) is 13.8 Å². The van der Waals surface area contributed by atoms with Crippen molar-refractivity contribution in [3.63, 3.8) is 0 Å².